The Labute approximate surface area is 172 Å². The van der Waals surface area contributed by atoms with Crippen LogP contribution in [0.15, 0.2) is 70.6 Å². The van der Waals surface area contributed by atoms with E-state index in [2.05, 4.69) is 34.7 Å². The molecule has 0 saturated carbocycles. The van der Waals surface area contributed by atoms with E-state index in [1.807, 2.05) is 18.2 Å². The van der Waals surface area contributed by atoms with E-state index < -0.39 is 9.84 Å². The number of rotatable bonds is 6. The maximum Gasteiger partial charge on any atom is 0.208 e. The summed E-state index contributed by atoms with van der Waals surface area (Å²) in [7, 11) is -3.57. The molecule has 1 fully saturated rings. The van der Waals surface area contributed by atoms with E-state index in [1.54, 1.807) is 30.3 Å². The van der Waals surface area contributed by atoms with E-state index in [4.69, 9.17) is 0 Å². The minimum absolute atomic E-state index is 0.232. The number of pyridine rings is 1. The third kappa shape index (κ3) is 3.74. The van der Waals surface area contributed by atoms with Crippen molar-refractivity contribution in [2.75, 3.05) is 31.1 Å². The Kier molecular flexibility index (Phi) is 5.56. The molecule has 1 saturated heterocycles. The van der Waals surface area contributed by atoms with Crippen LogP contribution in [0.5, 0.6) is 0 Å². The van der Waals surface area contributed by atoms with Gasteiger partial charge in [0.25, 0.3) is 0 Å². The van der Waals surface area contributed by atoms with Crippen LogP contribution in [0.4, 0.5) is 5.69 Å². The molecule has 1 atom stereocenters. The van der Waals surface area contributed by atoms with Crippen molar-refractivity contribution in [2.45, 2.75) is 36.1 Å². The van der Waals surface area contributed by atoms with E-state index in [9.17, 15) is 8.42 Å². The highest BCUT2D eigenvalue weighted by Crippen LogP contribution is 2.31. The van der Waals surface area contributed by atoms with Crippen LogP contribution in [0.1, 0.15) is 20.3 Å². The van der Waals surface area contributed by atoms with Crippen molar-refractivity contribution in [1.82, 2.24) is 9.88 Å². The molecule has 1 aliphatic heterocycles. The smallest absolute Gasteiger partial charge is 0.208 e. The monoisotopic (exact) mass is 409 g/mol. The van der Waals surface area contributed by atoms with Crippen molar-refractivity contribution in [3.63, 3.8) is 0 Å². The topological polar surface area (TPSA) is 53.5 Å². The van der Waals surface area contributed by atoms with Gasteiger partial charge in [0.1, 0.15) is 0 Å². The van der Waals surface area contributed by atoms with Gasteiger partial charge in [0.05, 0.1) is 21.0 Å². The molecule has 2 aromatic carbocycles. The maximum atomic E-state index is 12.9. The Bertz CT molecular complexity index is 1100. The molecule has 0 spiro atoms. The van der Waals surface area contributed by atoms with Crippen molar-refractivity contribution >= 4 is 26.4 Å². The van der Waals surface area contributed by atoms with Crippen LogP contribution in [-0.2, 0) is 9.84 Å². The van der Waals surface area contributed by atoms with Crippen LogP contribution in [0.25, 0.3) is 10.9 Å². The first-order valence-electron chi connectivity index (χ1n) is 10.2. The summed E-state index contributed by atoms with van der Waals surface area (Å²) in [6, 6.07) is 16.8. The number of nitrogens with zero attached hydrogens (tertiary/aromatic N) is 3. The molecular weight excluding hydrogens is 382 g/mol. The molecule has 29 heavy (non-hydrogen) atoms. The van der Waals surface area contributed by atoms with Crippen molar-refractivity contribution in [3.05, 3.63) is 60.8 Å². The number of aromatic nitrogens is 1. The zero-order valence-corrected chi connectivity index (χ0v) is 17.8. The second-order valence-electron chi connectivity index (χ2n) is 7.45. The van der Waals surface area contributed by atoms with E-state index in [1.165, 1.54) is 6.20 Å². The lowest BCUT2D eigenvalue weighted by atomic mass is 10.2. The summed E-state index contributed by atoms with van der Waals surface area (Å²) in [6.45, 7) is 8.51. The molecule has 2 heterocycles. The summed E-state index contributed by atoms with van der Waals surface area (Å²) in [5, 5.41) is 0.853. The van der Waals surface area contributed by atoms with Crippen molar-refractivity contribution in [2.24, 2.45) is 0 Å². The number of sulfone groups is 1. The molecule has 0 N–H and O–H groups in total. The number of anilines is 1. The summed E-state index contributed by atoms with van der Waals surface area (Å²) in [5.74, 6) is 0. The highest BCUT2D eigenvalue weighted by molar-refractivity contribution is 7.91. The van der Waals surface area contributed by atoms with E-state index in [0.717, 1.165) is 49.2 Å². The Morgan fingerprint density at radius 3 is 2.52 bits per heavy atom. The number of hydrogen-bond donors (Lipinski definition) is 0. The van der Waals surface area contributed by atoms with Gasteiger partial charge in [-0.25, -0.2) is 8.42 Å². The summed E-state index contributed by atoms with van der Waals surface area (Å²) in [6.07, 6.45) is 2.63. The van der Waals surface area contributed by atoms with Gasteiger partial charge >= 0.3 is 0 Å². The van der Waals surface area contributed by atoms with Gasteiger partial charge < -0.3 is 4.90 Å². The standard InChI is InChI=1S/C23H27N3O2S/c1-3-25(4-2)19-13-14-26(17-19)22-12-8-9-18-15-21(16-24-23(18)22)29(27,28)20-10-6-5-7-11-20/h5-12,15-16,19H,3-4,13-14,17H2,1-2H3. The molecule has 6 heteroatoms. The molecule has 4 rings (SSSR count). The molecule has 3 aromatic rings. The Morgan fingerprint density at radius 1 is 1.03 bits per heavy atom. The van der Waals surface area contributed by atoms with Crippen LogP contribution in [0, 0.1) is 0 Å². The molecule has 1 aromatic heterocycles. The van der Waals surface area contributed by atoms with Gasteiger partial charge in [0, 0.05) is 30.7 Å². The summed E-state index contributed by atoms with van der Waals surface area (Å²) < 4.78 is 25.9. The molecule has 1 unspecified atom stereocenters. The number of fused-ring (bicyclic) bond motifs is 1. The first-order valence-corrected chi connectivity index (χ1v) is 11.7. The molecule has 0 aliphatic carbocycles. The minimum Gasteiger partial charge on any atom is -0.368 e. The molecule has 0 radical (unpaired) electrons. The van der Waals surface area contributed by atoms with Gasteiger partial charge in [0.15, 0.2) is 0 Å². The molecule has 0 bridgehead atoms. The van der Waals surface area contributed by atoms with Crippen molar-refractivity contribution in [3.8, 4) is 0 Å². The normalized spacial score (nSPS) is 17.3. The fourth-order valence-corrected chi connectivity index (χ4v) is 5.52. The van der Waals surface area contributed by atoms with E-state index in [-0.39, 0.29) is 4.90 Å². The summed E-state index contributed by atoms with van der Waals surface area (Å²) in [5.41, 5.74) is 1.94. The lowest BCUT2D eigenvalue weighted by molar-refractivity contribution is 0.232. The van der Waals surface area contributed by atoms with Gasteiger partial charge in [-0.2, -0.15) is 0 Å². The molecular formula is C23H27N3O2S. The number of hydrogen-bond acceptors (Lipinski definition) is 5. The second kappa shape index (κ2) is 8.13. The first kappa shape index (κ1) is 19.9. The quantitative estimate of drug-likeness (QED) is 0.616. The predicted octanol–water partition coefficient (Wildman–Crippen LogP) is 3.99. The average molecular weight is 410 g/mol. The van der Waals surface area contributed by atoms with E-state index in [0.29, 0.717) is 10.9 Å². The zero-order chi connectivity index (χ0) is 20.4. The van der Waals surface area contributed by atoms with Gasteiger partial charge in [-0.15, -0.1) is 0 Å². The lowest BCUT2D eigenvalue weighted by Crippen LogP contribution is -2.37. The van der Waals surface area contributed by atoms with Gasteiger partial charge in [-0.3, -0.25) is 9.88 Å². The van der Waals surface area contributed by atoms with Crippen molar-refractivity contribution in [1.29, 1.82) is 0 Å². The largest absolute Gasteiger partial charge is 0.368 e. The van der Waals surface area contributed by atoms with Gasteiger partial charge in [0.2, 0.25) is 9.84 Å². The molecule has 0 amide bonds. The fourth-order valence-electron chi connectivity index (χ4n) is 4.26. The summed E-state index contributed by atoms with van der Waals surface area (Å²) >= 11 is 0. The van der Waals surface area contributed by atoms with Crippen LogP contribution in [0.3, 0.4) is 0 Å². The maximum absolute atomic E-state index is 12.9. The Hall–Kier alpha value is -2.44. The third-order valence-corrected chi connectivity index (χ3v) is 7.60. The van der Waals surface area contributed by atoms with Crippen molar-refractivity contribution < 1.29 is 8.42 Å². The van der Waals surface area contributed by atoms with E-state index >= 15 is 0 Å². The Balaban J connectivity index is 1.68. The number of benzene rings is 2. The second-order valence-corrected chi connectivity index (χ2v) is 9.40. The summed E-state index contributed by atoms with van der Waals surface area (Å²) in [4.78, 5) is 10.00. The average Bonchev–Trinajstić information content (AvgIpc) is 3.24. The minimum atomic E-state index is -3.57. The van der Waals surface area contributed by atoms with Crippen LogP contribution < -0.4 is 4.90 Å². The third-order valence-electron chi connectivity index (χ3n) is 5.86. The fraction of sp³-hybridized carbons (Fsp3) is 0.348. The lowest BCUT2D eigenvalue weighted by Gasteiger charge is -2.27. The predicted molar refractivity (Wildman–Crippen MR) is 117 cm³/mol. The number of para-hydroxylation sites is 1. The van der Waals surface area contributed by atoms with Crippen LogP contribution in [0.2, 0.25) is 0 Å². The molecule has 5 nitrogen and oxygen atoms in total. The molecule has 152 valence electrons. The zero-order valence-electron chi connectivity index (χ0n) is 17.0. The Morgan fingerprint density at radius 2 is 1.79 bits per heavy atom. The van der Waals surface area contributed by atoms with Crippen LogP contribution in [-0.4, -0.2) is 50.5 Å². The van der Waals surface area contributed by atoms with Crippen LogP contribution >= 0.6 is 0 Å². The highest BCUT2D eigenvalue weighted by Gasteiger charge is 2.27. The highest BCUT2D eigenvalue weighted by atomic mass is 32.2. The van der Waals surface area contributed by atoms with Gasteiger partial charge in [-0.05, 0) is 43.8 Å². The molecule has 1 aliphatic rings. The first-order chi connectivity index (χ1) is 14.0. The SMILES string of the molecule is CCN(CC)C1CCN(c2cccc3cc(S(=O)(=O)c4ccccc4)cnc23)C1. The number of likely N-dealkylation sites (N-methyl/N-ethyl adjacent to an activating group) is 1. The van der Waals surface area contributed by atoms with Gasteiger partial charge in [-0.1, -0.05) is 44.2 Å².